The van der Waals surface area contributed by atoms with Gasteiger partial charge in [0.25, 0.3) is 5.91 Å². The van der Waals surface area contributed by atoms with Crippen molar-refractivity contribution in [3.63, 3.8) is 0 Å². The summed E-state index contributed by atoms with van der Waals surface area (Å²) in [5.41, 5.74) is -0.0684. The van der Waals surface area contributed by atoms with Crippen molar-refractivity contribution in [2.75, 3.05) is 11.9 Å². The van der Waals surface area contributed by atoms with Crippen LogP contribution in [0.2, 0.25) is 5.02 Å². The summed E-state index contributed by atoms with van der Waals surface area (Å²) >= 11 is 6.39. The topological polar surface area (TPSA) is 143 Å². The monoisotopic (exact) mass is 590 g/mol. The number of halogens is 1. The van der Waals surface area contributed by atoms with Gasteiger partial charge in [0.05, 0.1) is 17.0 Å². The Bertz CT molecular complexity index is 1220. The molecular weight excluding hydrogens is 552 g/mol. The van der Waals surface area contributed by atoms with Crippen LogP contribution in [0, 0.1) is 11.3 Å². The number of hydrogen-bond donors (Lipinski definition) is 3. The molecule has 0 aromatic heterocycles. The highest BCUT2D eigenvalue weighted by Crippen LogP contribution is 2.44. The second kappa shape index (κ2) is 12.4. The number of cyclic esters (lactones) is 1. The van der Waals surface area contributed by atoms with Crippen LogP contribution in [0.5, 0.6) is 0 Å². The zero-order valence-electron chi connectivity index (χ0n) is 24.1. The average Bonchev–Trinajstić information content (AvgIpc) is 3.61. The van der Waals surface area contributed by atoms with Gasteiger partial charge in [0.1, 0.15) is 18.1 Å². The van der Waals surface area contributed by atoms with Crippen molar-refractivity contribution in [2.45, 2.75) is 97.2 Å². The number of esters is 1. The van der Waals surface area contributed by atoms with Crippen molar-refractivity contribution in [1.82, 2.24) is 15.5 Å². The number of anilines is 1. The van der Waals surface area contributed by atoms with Crippen LogP contribution in [-0.4, -0.2) is 71.6 Å². The number of ether oxygens (including phenoxy) is 2. The lowest BCUT2D eigenvalue weighted by molar-refractivity contribution is -0.165. The molecule has 3 fully saturated rings. The molecule has 12 heteroatoms. The molecule has 0 unspecified atom stereocenters. The van der Waals surface area contributed by atoms with Gasteiger partial charge in [-0.1, -0.05) is 39.3 Å². The van der Waals surface area contributed by atoms with Crippen LogP contribution >= 0.6 is 11.6 Å². The fourth-order valence-corrected chi connectivity index (χ4v) is 6.18. The number of likely N-dealkylation sites (tertiary alicyclic amines) is 1. The third kappa shape index (κ3) is 6.67. The Kier molecular flexibility index (Phi) is 9.28. The van der Waals surface area contributed by atoms with Gasteiger partial charge in [0, 0.05) is 24.8 Å². The Morgan fingerprint density at radius 3 is 2.54 bits per heavy atom. The molecule has 2 bridgehead atoms. The minimum Gasteiger partial charge on any atom is -0.433 e. The number of rotatable bonds is 9. The van der Waals surface area contributed by atoms with Crippen LogP contribution in [-0.2, 0) is 28.7 Å². The molecule has 4 amide bonds. The molecule has 3 aliphatic rings. The summed E-state index contributed by atoms with van der Waals surface area (Å²) in [7, 11) is 0. The van der Waals surface area contributed by atoms with Gasteiger partial charge in [-0.15, -0.1) is 0 Å². The molecule has 11 nitrogen and oxygen atoms in total. The number of amides is 4. The van der Waals surface area contributed by atoms with E-state index in [1.165, 1.54) is 12.1 Å². The molecule has 41 heavy (non-hydrogen) atoms. The molecule has 1 aliphatic carbocycles. The number of carbonyl (C=O) groups excluding carboxylic acids is 5. The maximum atomic E-state index is 14.2. The summed E-state index contributed by atoms with van der Waals surface area (Å²) < 4.78 is 10.7. The summed E-state index contributed by atoms with van der Waals surface area (Å²) in [5.74, 6) is -1.90. The molecule has 4 rings (SSSR count). The van der Waals surface area contributed by atoms with E-state index in [-0.39, 0.29) is 46.7 Å². The van der Waals surface area contributed by atoms with Crippen LogP contribution < -0.4 is 16.0 Å². The first-order chi connectivity index (χ1) is 19.3. The highest BCUT2D eigenvalue weighted by molar-refractivity contribution is 6.34. The standard InChI is InChI=1S/C29H39ClN4O7/c1-6-21(35)31-16-9-11-18(19(30)13-16)25(37)33-24(29(3,4)5)27(39)34-17-10-8-15(12-17)23(34)26(38)32-20-14-22(36)41-28(20)40-7-2/h9,11,13,15,17,20,23-24,28H,6-8,10,12,14H2,1-5H3,(H,31,35)(H,32,38)(H,33,37)/t15-,17+,20-,23+,24-,28-/m1/s1. The smallest absolute Gasteiger partial charge is 0.310 e. The predicted molar refractivity (Wildman–Crippen MR) is 151 cm³/mol. The lowest BCUT2D eigenvalue weighted by atomic mass is 9.84. The minimum atomic E-state index is -0.951. The molecule has 1 saturated carbocycles. The lowest BCUT2D eigenvalue weighted by Gasteiger charge is -2.40. The molecule has 6 atom stereocenters. The summed E-state index contributed by atoms with van der Waals surface area (Å²) in [6, 6.07) is 2.12. The summed E-state index contributed by atoms with van der Waals surface area (Å²) in [4.78, 5) is 66.3. The van der Waals surface area contributed by atoms with Crippen molar-refractivity contribution >= 4 is 46.9 Å². The van der Waals surface area contributed by atoms with Gasteiger partial charge in [-0.2, -0.15) is 0 Å². The number of benzene rings is 1. The highest BCUT2D eigenvalue weighted by Gasteiger charge is 2.54. The maximum Gasteiger partial charge on any atom is 0.310 e. The Balaban J connectivity index is 1.53. The Hall–Kier alpha value is -3.18. The van der Waals surface area contributed by atoms with Crippen LogP contribution in [0.15, 0.2) is 18.2 Å². The number of carbonyl (C=O) groups is 5. The van der Waals surface area contributed by atoms with Crippen molar-refractivity contribution in [1.29, 1.82) is 0 Å². The highest BCUT2D eigenvalue weighted by atomic mass is 35.5. The number of fused-ring (bicyclic) bond motifs is 2. The van der Waals surface area contributed by atoms with Gasteiger partial charge in [0.15, 0.2) is 0 Å². The first-order valence-corrected chi connectivity index (χ1v) is 14.6. The van der Waals surface area contributed by atoms with Gasteiger partial charge in [-0.25, -0.2) is 0 Å². The maximum absolute atomic E-state index is 14.2. The van der Waals surface area contributed by atoms with E-state index in [4.69, 9.17) is 21.1 Å². The normalized spacial score (nSPS) is 26.0. The number of nitrogens with zero attached hydrogens (tertiary/aromatic N) is 1. The average molecular weight is 591 g/mol. The van der Waals surface area contributed by atoms with Crippen LogP contribution in [0.1, 0.15) is 77.1 Å². The van der Waals surface area contributed by atoms with Gasteiger partial charge >= 0.3 is 5.97 Å². The summed E-state index contributed by atoms with van der Waals surface area (Å²) in [6.07, 6.45) is 1.70. The second-order valence-electron chi connectivity index (χ2n) is 11.9. The minimum absolute atomic E-state index is 0.00643. The largest absolute Gasteiger partial charge is 0.433 e. The quantitative estimate of drug-likeness (QED) is 0.375. The first kappa shape index (κ1) is 30.8. The van der Waals surface area contributed by atoms with Gasteiger partial charge in [-0.05, 0) is 55.7 Å². The van der Waals surface area contributed by atoms with Crippen LogP contribution in [0.4, 0.5) is 5.69 Å². The molecular formula is C29H39ClN4O7. The Labute approximate surface area is 245 Å². The Morgan fingerprint density at radius 1 is 1.17 bits per heavy atom. The molecule has 3 N–H and O–H groups in total. The Morgan fingerprint density at radius 2 is 1.90 bits per heavy atom. The lowest BCUT2D eigenvalue weighted by Crippen LogP contribution is -2.62. The van der Waals surface area contributed by atoms with E-state index in [0.717, 1.165) is 12.8 Å². The fourth-order valence-electron chi connectivity index (χ4n) is 5.91. The van der Waals surface area contributed by atoms with E-state index in [0.29, 0.717) is 25.1 Å². The predicted octanol–water partition coefficient (Wildman–Crippen LogP) is 3.01. The van der Waals surface area contributed by atoms with Crippen molar-refractivity contribution in [2.24, 2.45) is 11.3 Å². The van der Waals surface area contributed by atoms with E-state index in [9.17, 15) is 24.0 Å². The molecule has 0 radical (unpaired) electrons. The summed E-state index contributed by atoms with van der Waals surface area (Å²) in [5, 5.41) is 8.59. The molecule has 2 heterocycles. The zero-order valence-corrected chi connectivity index (χ0v) is 24.9. The van der Waals surface area contributed by atoms with Gasteiger partial charge in [0.2, 0.25) is 24.0 Å². The van der Waals surface area contributed by atoms with Crippen molar-refractivity contribution in [3.8, 4) is 0 Å². The number of nitrogens with one attached hydrogen (secondary N) is 3. The number of hydrogen-bond acceptors (Lipinski definition) is 7. The van der Waals surface area contributed by atoms with Crippen LogP contribution in [0.3, 0.4) is 0 Å². The van der Waals surface area contributed by atoms with Crippen molar-refractivity contribution < 1.29 is 33.4 Å². The SMILES string of the molecule is CCO[C@@H]1OC(=O)C[C@H]1NC(=O)[C@@H]1[C@@H]2CC[C@@H](C2)N1C(=O)[C@@H](NC(=O)c1ccc(NC(=O)CC)cc1Cl)C(C)(C)C. The van der Waals surface area contributed by atoms with E-state index in [2.05, 4.69) is 16.0 Å². The second-order valence-corrected chi connectivity index (χ2v) is 12.3. The molecule has 2 saturated heterocycles. The van der Waals surface area contributed by atoms with Gasteiger partial charge in [-0.3, -0.25) is 24.0 Å². The zero-order chi connectivity index (χ0) is 30.1. The first-order valence-electron chi connectivity index (χ1n) is 14.2. The van der Waals surface area contributed by atoms with E-state index in [1.54, 1.807) is 24.8 Å². The molecule has 1 aromatic rings. The summed E-state index contributed by atoms with van der Waals surface area (Å²) in [6.45, 7) is 9.35. The molecule has 0 spiro atoms. The molecule has 1 aromatic carbocycles. The van der Waals surface area contributed by atoms with E-state index >= 15 is 0 Å². The third-order valence-corrected chi connectivity index (χ3v) is 8.25. The van der Waals surface area contributed by atoms with Crippen LogP contribution in [0.25, 0.3) is 0 Å². The van der Waals surface area contributed by atoms with E-state index in [1.807, 2.05) is 20.8 Å². The van der Waals surface area contributed by atoms with Crippen molar-refractivity contribution in [3.05, 3.63) is 28.8 Å². The molecule has 224 valence electrons. The fraction of sp³-hybridized carbons (Fsp3) is 0.621. The van der Waals surface area contributed by atoms with Gasteiger partial charge < -0.3 is 30.3 Å². The van der Waals surface area contributed by atoms with E-state index < -0.39 is 41.7 Å². The third-order valence-electron chi connectivity index (χ3n) is 7.94. The number of piperidine rings is 1. The molecule has 2 aliphatic heterocycles.